The topological polar surface area (TPSA) is 29.5 Å². The summed E-state index contributed by atoms with van der Waals surface area (Å²) in [5.74, 6) is 2.08. The van der Waals surface area contributed by atoms with Gasteiger partial charge in [0.1, 0.15) is 23.8 Å². The molecule has 0 saturated carbocycles. The third-order valence-corrected chi connectivity index (χ3v) is 11.1. The van der Waals surface area contributed by atoms with Crippen LogP contribution in [0.3, 0.4) is 0 Å². The first-order valence-electron chi connectivity index (χ1n) is 15.4. The van der Waals surface area contributed by atoms with Gasteiger partial charge in [0.05, 0.1) is 7.11 Å². The van der Waals surface area contributed by atoms with Crippen molar-refractivity contribution in [3.63, 3.8) is 0 Å². The van der Waals surface area contributed by atoms with E-state index in [1.165, 1.54) is 59.4 Å². The van der Waals surface area contributed by atoms with Crippen LogP contribution < -0.4 is 20.7 Å². The van der Waals surface area contributed by atoms with E-state index in [0.717, 1.165) is 16.6 Å². The first-order chi connectivity index (χ1) is 19.5. The summed E-state index contributed by atoms with van der Waals surface area (Å²) in [7, 11) is 0.166. The Kier molecular flexibility index (Phi) is 16.2. The van der Waals surface area contributed by atoms with Gasteiger partial charge in [0.25, 0.3) is 0 Å². The number of allylic oxidation sites excluding steroid dienone is 2. The Morgan fingerprint density at radius 2 is 1.40 bits per heavy atom. The molecule has 0 spiro atoms. The maximum Gasteiger partial charge on any atom is 0.162 e. The summed E-state index contributed by atoms with van der Waals surface area (Å²) >= 11 is 0. The molecule has 3 aromatic carbocycles. The molecule has 0 bridgehead atoms. The Hall–Kier alpha value is -2.21. The molecule has 1 unspecified atom stereocenters. The van der Waals surface area contributed by atoms with E-state index in [9.17, 15) is 5.11 Å². The van der Waals surface area contributed by atoms with Crippen LogP contribution in [0.15, 0.2) is 66.7 Å². The van der Waals surface area contributed by atoms with Crippen molar-refractivity contribution in [3.8, 4) is 11.5 Å². The van der Waals surface area contributed by atoms with Gasteiger partial charge in [-0.3, -0.25) is 0 Å². The van der Waals surface area contributed by atoms with Gasteiger partial charge in [-0.05, 0) is 59.4 Å². The zero-order valence-corrected chi connectivity index (χ0v) is 30.3. The largest absolute Gasteiger partial charge is 0.504 e. The van der Waals surface area contributed by atoms with Crippen LogP contribution in [-0.2, 0) is 21.9 Å². The number of rotatable bonds is 6. The molecule has 0 fully saturated rings. The average Bonchev–Trinajstić information content (AvgIpc) is 2.89. The summed E-state index contributed by atoms with van der Waals surface area (Å²) < 4.78 is 5.93. The summed E-state index contributed by atoms with van der Waals surface area (Å²) in [4.78, 5) is 0. The zero-order valence-electron chi connectivity index (χ0n) is 28.3. The van der Waals surface area contributed by atoms with E-state index in [1.807, 2.05) is 0 Å². The van der Waals surface area contributed by atoms with Gasteiger partial charge in [0, 0.05) is 29.5 Å². The van der Waals surface area contributed by atoms with E-state index in [-0.39, 0.29) is 29.3 Å². The number of phenols is 1. The fourth-order valence-electron chi connectivity index (χ4n) is 5.69. The molecule has 0 amide bonds. The Morgan fingerprint density at radius 3 is 1.98 bits per heavy atom. The number of aryl methyl sites for hydroxylation is 1. The van der Waals surface area contributed by atoms with Crippen LogP contribution >= 0.6 is 7.92 Å². The molecule has 1 aliphatic carbocycles. The zero-order chi connectivity index (χ0) is 30.2. The number of hydrogen-bond donors (Lipinski definition) is 1. The van der Waals surface area contributed by atoms with Gasteiger partial charge < -0.3 is 16.3 Å². The first-order valence-corrected chi connectivity index (χ1v) is 16.9. The van der Waals surface area contributed by atoms with Crippen LogP contribution in [0.25, 0.3) is 0 Å². The Morgan fingerprint density at radius 1 is 0.814 bits per heavy atom. The van der Waals surface area contributed by atoms with E-state index in [2.05, 4.69) is 129 Å². The van der Waals surface area contributed by atoms with E-state index < -0.39 is 7.92 Å². The summed E-state index contributed by atoms with van der Waals surface area (Å²) in [6.07, 6.45) is 13.5. The van der Waals surface area contributed by atoms with Crippen LogP contribution in [0.1, 0.15) is 115 Å². The Bertz CT molecular complexity index is 1270. The fraction of sp³-hybridized carbons (Fsp3) is 0.436. The fourth-order valence-corrected chi connectivity index (χ4v) is 9.34. The second-order valence-corrected chi connectivity index (χ2v) is 15.2. The van der Waals surface area contributed by atoms with Gasteiger partial charge in [-0.25, -0.2) is 0 Å². The summed E-state index contributed by atoms with van der Waals surface area (Å²) in [6.45, 7) is 17.7. The third-order valence-electron chi connectivity index (χ3n) is 7.92. The maximum atomic E-state index is 11.7. The smallest absolute Gasteiger partial charge is 0.162 e. The van der Waals surface area contributed by atoms with E-state index >= 15 is 0 Å². The summed E-state index contributed by atoms with van der Waals surface area (Å²) in [5.41, 5.74) is 4.77. The monoisotopic (exact) mass is 645 g/mol. The average molecular weight is 647 g/mol. The van der Waals surface area contributed by atoms with Gasteiger partial charge in [0.15, 0.2) is 11.5 Å². The summed E-state index contributed by atoms with van der Waals surface area (Å²) in [6, 6.07) is 19.3. The Labute approximate surface area is 275 Å². The van der Waals surface area contributed by atoms with Gasteiger partial charge in [-0.1, -0.05) is 116 Å². The molecular weight excluding hydrogens is 590 g/mol. The van der Waals surface area contributed by atoms with Crippen molar-refractivity contribution in [2.45, 2.75) is 105 Å². The van der Waals surface area contributed by atoms with Gasteiger partial charge in [0.2, 0.25) is 0 Å². The predicted molar refractivity (Wildman–Crippen MR) is 189 cm³/mol. The molecule has 0 heterocycles. The number of aromatic hydroxyl groups is 1. The summed E-state index contributed by atoms with van der Waals surface area (Å²) in [5, 5.41) is 15.4. The van der Waals surface area contributed by atoms with Crippen LogP contribution in [0.4, 0.5) is 0 Å². The molecule has 0 saturated heterocycles. The molecule has 2 nitrogen and oxygen atoms in total. The number of hydrogen-bond acceptors (Lipinski definition) is 2. The number of methoxy groups -OCH3 is 1. The van der Waals surface area contributed by atoms with Crippen molar-refractivity contribution in [3.05, 3.63) is 103 Å². The standard InChI is InChI=1S/C30H39O2P.C8H13.CH3.Ni/c1-19(2)22-14-11-15-23(20(3)4)29(22)33(28-21(5)13-10-17-25(28)32-9)26-18-12-16-24(27(26)31)30(6,7)8;1-2-4-6-8-7-5-3-1;;/h10-20,31H,1-9H3;1-2,7H,3-6,8H2;1H3;/q;-1;+1;/p+1/b;2-1-;;. The minimum Gasteiger partial charge on any atom is -0.504 e. The molecule has 3 aromatic rings. The Balaban J connectivity index is 0.000000802. The SMILES string of the molecule is C1=C\CCC[CH-]CC/1.COc1cccc(C)c1[PH+](c1cccc(C(C)(C)C)c1O)c1c(C(C)C)cccc1C(C)C.[CH3+].[Ni]. The van der Waals surface area contributed by atoms with Gasteiger partial charge >= 0.3 is 0 Å². The first kappa shape index (κ1) is 38.8. The molecule has 238 valence electrons. The predicted octanol–water partition coefficient (Wildman–Crippen LogP) is 9.90. The number of para-hydroxylation sites is 1. The van der Waals surface area contributed by atoms with E-state index in [1.54, 1.807) is 7.11 Å². The van der Waals surface area contributed by atoms with Gasteiger partial charge in [-0.2, -0.15) is 12.8 Å². The number of benzene rings is 3. The van der Waals surface area contributed by atoms with Crippen molar-refractivity contribution in [1.29, 1.82) is 0 Å². The number of phenolic OH excluding ortho intramolecular Hbond substituents is 1. The molecule has 43 heavy (non-hydrogen) atoms. The maximum absolute atomic E-state index is 11.7. The molecule has 1 N–H and O–H groups in total. The van der Waals surface area contributed by atoms with Crippen LogP contribution in [0.5, 0.6) is 11.5 Å². The third kappa shape index (κ3) is 9.89. The molecule has 1 aliphatic rings. The second kappa shape index (κ2) is 17.9. The molecule has 0 aliphatic heterocycles. The molecule has 0 aromatic heterocycles. The molecular formula is C39H56NiO2P+. The van der Waals surface area contributed by atoms with Crippen LogP contribution in [0.2, 0.25) is 0 Å². The van der Waals surface area contributed by atoms with Crippen LogP contribution in [0, 0.1) is 20.8 Å². The quantitative estimate of drug-likeness (QED) is 0.125. The van der Waals surface area contributed by atoms with Crippen molar-refractivity contribution < 1.29 is 26.3 Å². The van der Waals surface area contributed by atoms with Crippen molar-refractivity contribution in [1.82, 2.24) is 0 Å². The van der Waals surface area contributed by atoms with Crippen molar-refractivity contribution in [2.75, 3.05) is 7.11 Å². The minimum absolute atomic E-state index is 0. The molecule has 4 heteroatoms. The van der Waals surface area contributed by atoms with Crippen LogP contribution in [-0.4, -0.2) is 12.2 Å². The van der Waals surface area contributed by atoms with E-state index in [0.29, 0.717) is 17.6 Å². The molecule has 0 radical (unpaired) electrons. The molecule has 1 atom stereocenters. The van der Waals surface area contributed by atoms with Crippen molar-refractivity contribution >= 4 is 23.8 Å². The van der Waals surface area contributed by atoms with Gasteiger partial charge in [-0.15, -0.1) is 0 Å². The normalized spacial score (nSPS) is 14.8. The van der Waals surface area contributed by atoms with Crippen molar-refractivity contribution in [2.24, 2.45) is 0 Å². The molecule has 4 rings (SSSR count). The minimum atomic E-state index is -1.58. The second-order valence-electron chi connectivity index (χ2n) is 12.9. The van der Waals surface area contributed by atoms with E-state index in [4.69, 9.17) is 4.74 Å². The number of ether oxygens (including phenoxy) is 1.